The molecular formula is C25H30N5O3. The molecule has 8 nitrogen and oxygen atoms in total. The van der Waals surface area contributed by atoms with E-state index in [4.69, 9.17) is 5.73 Å². The van der Waals surface area contributed by atoms with E-state index in [1.165, 1.54) is 20.9 Å². The van der Waals surface area contributed by atoms with Crippen molar-refractivity contribution in [2.45, 2.75) is 18.9 Å². The number of aromatic nitrogens is 1. The Kier molecular flexibility index (Phi) is 7.50. The highest BCUT2D eigenvalue weighted by atomic mass is 16.2. The summed E-state index contributed by atoms with van der Waals surface area (Å²) in [5.74, 6) is -0.453. The van der Waals surface area contributed by atoms with Gasteiger partial charge in [-0.3, -0.25) is 19.2 Å². The standard InChI is InChI=1S/C25H30N5O3/c1-27(2)29(4)24(32)22(16-18-10-6-5-7-11-18)28(3)23(31)15-14-19-17-30(25(26)33)21-13-9-8-12-20(19)21/h5-13,15,17,22H,14,16H2,1-4H3,(H2,26,33)/t22-/m1/s1. The number of carbonyl (C=O) groups is 3. The lowest BCUT2D eigenvalue weighted by Gasteiger charge is -2.33. The van der Waals surface area contributed by atoms with Crippen molar-refractivity contribution in [3.8, 4) is 0 Å². The van der Waals surface area contributed by atoms with Gasteiger partial charge in [-0.25, -0.2) is 9.80 Å². The molecule has 0 bridgehead atoms. The Morgan fingerprint density at radius 2 is 1.61 bits per heavy atom. The van der Waals surface area contributed by atoms with Crippen LogP contribution in [0.2, 0.25) is 0 Å². The Morgan fingerprint density at radius 1 is 0.970 bits per heavy atom. The maximum absolute atomic E-state index is 13.2. The van der Waals surface area contributed by atoms with Crippen molar-refractivity contribution in [3.63, 3.8) is 0 Å². The van der Waals surface area contributed by atoms with Gasteiger partial charge in [0.25, 0.3) is 5.91 Å². The third-order valence-electron chi connectivity index (χ3n) is 5.82. The molecule has 0 aliphatic carbocycles. The summed E-state index contributed by atoms with van der Waals surface area (Å²) < 4.78 is 1.38. The highest BCUT2D eigenvalue weighted by molar-refractivity contribution is 5.95. The lowest BCUT2D eigenvalue weighted by molar-refractivity contribution is -0.151. The van der Waals surface area contributed by atoms with Crippen LogP contribution in [0, 0.1) is 6.42 Å². The number of likely N-dealkylation sites (N-methyl/N-ethyl adjacent to an activating group) is 2. The molecule has 3 amide bonds. The van der Waals surface area contributed by atoms with Gasteiger partial charge in [0, 0.05) is 46.2 Å². The summed E-state index contributed by atoms with van der Waals surface area (Å²) in [6.07, 6.45) is 3.89. The van der Waals surface area contributed by atoms with Gasteiger partial charge in [-0.1, -0.05) is 48.5 Å². The first-order chi connectivity index (χ1) is 15.7. The number of rotatable bonds is 8. The van der Waals surface area contributed by atoms with E-state index in [1.807, 2.05) is 54.6 Å². The van der Waals surface area contributed by atoms with E-state index in [0.717, 1.165) is 16.5 Å². The first-order valence-corrected chi connectivity index (χ1v) is 10.7. The molecule has 33 heavy (non-hydrogen) atoms. The van der Waals surface area contributed by atoms with Crippen molar-refractivity contribution >= 4 is 28.7 Å². The minimum atomic E-state index is -0.671. The van der Waals surface area contributed by atoms with Crippen molar-refractivity contribution in [2.24, 2.45) is 5.73 Å². The molecule has 0 aliphatic heterocycles. The van der Waals surface area contributed by atoms with Crippen LogP contribution < -0.4 is 5.73 Å². The zero-order valence-electron chi connectivity index (χ0n) is 19.4. The van der Waals surface area contributed by atoms with E-state index in [9.17, 15) is 14.4 Å². The minimum Gasteiger partial charge on any atom is -0.351 e. The van der Waals surface area contributed by atoms with Gasteiger partial charge in [0.2, 0.25) is 5.91 Å². The monoisotopic (exact) mass is 448 g/mol. The van der Waals surface area contributed by atoms with Crippen molar-refractivity contribution in [1.29, 1.82) is 0 Å². The number of nitrogens with two attached hydrogens (primary N) is 1. The fourth-order valence-electron chi connectivity index (χ4n) is 3.73. The molecule has 0 spiro atoms. The lowest BCUT2D eigenvalue weighted by atomic mass is 10.0. The zero-order valence-corrected chi connectivity index (χ0v) is 19.4. The van der Waals surface area contributed by atoms with Gasteiger partial charge in [0.15, 0.2) is 0 Å². The molecular weight excluding hydrogens is 418 g/mol. The topological polar surface area (TPSA) is 91.9 Å². The molecule has 0 fully saturated rings. The number of hydrogen-bond acceptors (Lipinski definition) is 4. The van der Waals surface area contributed by atoms with E-state index >= 15 is 0 Å². The predicted molar refractivity (Wildman–Crippen MR) is 128 cm³/mol. The molecule has 1 atom stereocenters. The summed E-state index contributed by atoms with van der Waals surface area (Å²) in [5.41, 5.74) is 7.96. The number of hydrazine groups is 1. The van der Waals surface area contributed by atoms with Crippen LogP contribution >= 0.6 is 0 Å². The van der Waals surface area contributed by atoms with E-state index < -0.39 is 12.1 Å². The van der Waals surface area contributed by atoms with Crippen molar-refractivity contribution in [2.75, 3.05) is 28.2 Å². The number of fused-ring (bicyclic) bond motifs is 1. The summed E-state index contributed by atoms with van der Waals surface area (Å²) in [7, 11) is 6.88. The number of nitrogens with zero attached hydrogens (tertiary/aromatic N) is 4. The molecule has 3 aromatic rings. The first-order valence-electron chi connectivity index (χ1n) is 10.7. The van der Waals surface area contributed by atoms with Crippen LogP contribution in [0.25, 0.3) is 10.9 Å². The molecule has 1 radical (unpaired) electrons. The Labute approximate surface area is 194 Å². The molecule has 0 aliphatic rings. The summed E-state index contributed by atoms with van der Waals surface area (Å²) in [6, 6.07) is 15.8. The molecule has 8 heteroatoms. The number of para-hydroxylation sites is 1. The third-order valence-corrected chi connectivity index (χ3v) is 5.82. The zero-order chi connectivity index (χ0) is 24.1. The summed E-state index contributed by atoms with van der Waals surface area (Å²) >= 11 is 0. The number of amides is 3. The molecule has 2 aromatic carbocycles. The first kappa shape index (κ1) is 24.0. The average Bonchev–Trinajstić information content (AvgIpc) is 3.19. The average molecular weight is 449 g/mol. The van der Waals surface area contributed by atoms with Crippen molar-refractivity contribution < 1.29 is 14.4 Å². The van der Waals surface area contributed by atoms with Crippen LogP contribution in [0.3, 0.4) is 0 Å². The van der Waals surface area contributed by atoms with Crippen molar-refractivity contribution in [3.05, 3.63) is 78.3 Å². The Balaban J connectivity index is 1.80. The van der Waals surface area contributed by atoms with Crippen LogP contribution in [0.1, 0.15) is 11.1 Å². The van der Waals surface area contributed by atoms with Crippen molar-refractivity contribution in [1.82, 2.24) is 19.5 Å². The molecule has 3 rings (SSSR count). The predicted octanol–water partition coefficient (Wildman–Crippen LogP) is 2.32. The van der Waals surface area contributed by atoms with Crippen LogP contribution in [0.4, 0.5) is 4.79 Å². The van der Waals surface area contributed by atoms with Gasteiger partial charge in [0.05, 0.1) is 11.9 Å². The second-order valence-corrected chi connectivity index (χ2v) is 8.15. The number of primary amides is 1. The smallest absolute Gasteiger partial charge is 0.323 e. The quantitative estimate of drug-likeness (QED) is 0.536. The van der Waals surface area contributed by atoms with Crippen LogP contribution in [-0.4, -0.2) is 71.6 Å². The van der Waals surface area contributed by atoms with Crippen LogP contribution in [0.5, 0.6) is 0 Å². The molecule has 173 valence electrons. The second kappa shape index (κ2) is 10.3. The molecule has 1 heterocycles. The lowest BCUT2D eigenvalue weighted by Crippen LogP contribution is -2.52. The molecule has 1 aromatic heterocycles. The maximum Gasteiger partial charge on any atom is 0.323 e. The van der Waals surface area contributed by atoms with Crippen LogP contribution in [0.15, 0.2) is 60.8 Å². The molecule has 0 unspecified atom stereocenters. The van der Waals surface area contributed by atoms with E-state index in [2.05, 4.69) is 0 Å². The largest absolute Gasteiger partial charge is 0.351 e. The highest BCUT2D eigenvalue weighted by Crippen LogP contribution is 2.22. The number of carbonyl (C=O) groups excluding carboxylic acids is 3. The second-order valence-electron chi connectivity index (χ2n) is 8.15. The van der Waals surface area contributed by atoms with E-state index in [-0.39, 0.29) is 11.8 Å². The summed E-state index contributed by atoms with van der Waals surface area (Å²) in [5, 5.41) is 4.03. The Hall–Kier alpha value is -3.65. The van der Waals surface area contributed by atoms with Gasteiger partial charge < -0.3 is 10.6 Å². The minimum absolute atomic E-state index is 0.182. The van der Waals surface area contributed by atoms with Gasteiger partial charge in [-0.15, -0.1) is 0 Å². The third kappa shape index (κ3) is 5.40. The molecule has 0 saturated carbocycles. The SMILES string of the molecule is CN(C(=O)[CH]Cc1cn(C(N)=O)c2ccccc12)[C@H](Cc1ccccc1)C(=O)N(C)N(C)C. The fourth-order valence-corrected chi connectivity index (χ4v) is 3.73. The maximum atomic E-state index is 13.2. The van der Waals surface area contributed by atoms with E-state index in [1.54, 1.807) is 39.4 Å². The van der Waals surface area contributed by atoms with Gasteiger partial charge >= 0.3 is 6.03 Å². The van der Waals surface area contributed by atoms with Gasteiger partial charge in [-0.2, -0.15) is 0 Å². The highest BCUT2D eigenvalue weighted by Gasteiger charge is 2.30. The van der Waals surface area contributed by atoms with Gasteiger partial charge in [0.1, 0.15) is 6.04 Å². The number of benzene rings is 2. The summed E-state index contributed by atoms with van der Waals surface area (Å²) in [6.45, 7) is 0. The fraction of sp³-hybridized carbons (Fsp3) is 0.280. The normalized spacial score (nSPS) is 12.0. The Morgan fingerprint density at radius 3 is 2.24 bits per heavy atom. The van der Waals surface area contributed by atoms with Gasteiger partial charge in [-0.05, 0) is 23.6 Å². The number of hydrogen-bond donors (Lipinski definition) is 1. The molecule has 2 N–H and O–H groups in total. The molecule has 0 saturated heterocycles. The van der Waals surface area contributed by atoms with E-state index in [0.29, 0.717) is 18.4 Å². The van der Waals surface area contributed by atoms with Crippen LogP contribution in [-0.2, 0) is 22.4 Å². The Bertz CT molecular complexity index is 1140. The summed E-state index contributed by atoms with van der Waals surface area (Å²) in [4.78, 5) is 39.6.